The largest absolute Gasteiger partial charge is 0.497 e. The lowest BCUT2D eigenvalue weighted by Crippen LogP contribution is -2.45. The number of non-ortho nitro benzene ring substituents is 1. The summed E-state index contributed by atoms with van der Waals surface area (Å²) in [4.78, 5) is 42.1. The lowest BCUT2D eigenvalue weighted by molar-refractivity contribution is -0.384. The zero-order valence-corrected chi connectivity index (χ0v) is 22.6. The van der Waals surface area contributed by atoms with Crippen molar-refractivity contribution in [3.05, 3.63) is 93.0 Å². The van der Waals surface area contributed by atoms with Crippen molar-refractivity contribution in [1.82, 2.24) is 4.90 Å². The van der Waals surface area contributed by atoms with Crippen LogP contribution in [0, 0.1) is 10.1 Å². The van der Waals surface area contributed by atoms with Gasteiger partial charge in [0.1, 0.15) is 5.75 Å². The number of thioether (sulfide) groups is 1. The first-order chi connectivity index (χ1) is 18.2. The van der Waals surface area contributed by atoms with Gasteiger partial charge >= 0.3 is 5.97 Å². The molecule has 3 aromatic rings. The van der Waals surface area contributed by atoms with Gasteiger partial charge in [0, 0.05) is 35.1 Å². The first-order valence-electron chi connectivity index (χ1n) is 11.7. The molecule has 0 spiro atoms. The van der Waals surface area contributed by atoms with Gasteiger partial charge in [-0.25, -0.2) is 4.79 Å². The van der Waals surface area contributed by atoms with Crippen molar-refractivity contribution >= 4 is 46.6 Å². The summed E-state index contributed by atoms with van der Waals surface area (Å²) in [5.41, 5.74) is 1.39. The van der Waals surface area contributed by atoms with Crippen LogP contribution in [0.4, 0.5) is 11.4 Å². The second kappa shape index (κ2) is 11.8. The fourth-order valence-corrected chi connectivity index (χ4v) is 5.58. The number of anilines is 1. The highest BCUT2D eigenvalue weighted by Gasteiger charge is 2.41. The fourth-order valence-electron chi connectivity index (χ4n) is 3.99. The van der Waals surface area contributed by atoms with Gasteiger partial charge < -0.3 is 19.3 Å². The number of nitro groups is 1. The Labute approximate surface area is 229 Å². The Bertz CT molecular complexity index is 1330. The van der Waals surface area contributed by atoms with Gasteiger partial charge in [0.2, 0.25) is 0 Å². The van der Waals surface area contributed by atoms with Gasteiger partial charge in [-0.1, -0.05) is 23.7 Å². The number of likely N-dealkylation sites (N-methyl/N-ethyl adjacent to an activating group) is 1. The summed E-state index contributed by atoms with van der Waals surface area (Å²) in [7, 11) is 5.38. The summed E-state index contributed by atoms with van der Waals surface area (Å²) in [5.74, 6) is -0.486. The molecule has 0 aromatic heterocycles. The molecule has 0 saturated carbocycles. The van der Waals surface area contributed by atoms with Crippen LogP contribution in [0.2, 0.25) is 5.02 Å². The normalized spacial score (nSPS) is 17.1. The molecule has 0 bridgehead atoms. The first kappa shape index (κ1) is 27.4. The van der Waals surface area contributed by atoms with E-state index in [1.807, 2.05) is 31.1 Å². The molecule has 11 heteroatoms. The molecule has 1 aliphatic heterocycles. The van der Waals surface area contributed by atoms with Gasteiger partial charge in [-0.15, -0.1) is 11.8 Å². The number of methoxy groups -OCH3 is 1. The minimum Gasteiger partial charge on any atom is -0.497 e. The van der Waals surface area contributed by atoms with E-state index in [2.05, 4.69) is 0 Å². The maximum Gasteiger partial charge on any atom is 0.338 e. The molecule has 0 saturated heterocycles. The molecule has 4 rings (SSSR count). The van der Waals surface area contributed by atoms with Crippen LogP contribution in [0.5, 0.6) is 5.75 Å². The summed E-state index contributed by atoms with van der Waals surface area (Å²) in [6, 6.07) is 17.6. The maximum atomic E-state index is 14.1. The third kappa shape index (κ3) is 6.09. The van der Waals surface area contributed by atoms with Gasteiger partial charge in [-0.2, -0.15) is 0 Å². The van der Waals surface area contributed by atoms with Crippen LogP contribution in [0.15, 0.2) is 71.6 Å². The van der Waals surface area contributed by atoms with Crippen molar-refractivity contribution in [2.24, 2.45) is 0 Å². The van der Waals surface area contributed by atoms with E-state index >= 15 is 0 Å². The number of amides is 1. The Kier molecular flexibility index (Phi) is 8.55. The van der Waals surface area contributed by atoms with Crippen LogP contribution in [0.1, 0.15) is 21.2 Å². The van der Waals surface area contributed by atoms with Crippen LogP contribution in [-0.4, -0.2) is 62.1 Å². The molecule has 0 radical (unpaired) electrons. The number of esters is 1. The number of benzene rings is 3. The monoisotopic (exact) mass is 555 g/mol. The van der Waals surface area contributed by atoms with Crippen molar-refractivity contribution in [2.75, 3.05) is 39.2 Å². The Morgan fingerprint density at radius 1 is 1.11 bits per heavy atom. The zero-order chi connectivity index (χ0) is 27.4. The number of nitro benzene ring substituents is 1. The van der Waals surface area contributed by atoms with E-state index in [9.17, 15) is 19.7 Å². The molecule has 1 amide bonds. The maximum absolute atomic E-state index is 14.1. The van der Waals surface area contributed by atoms with E-state index in [-0.39, 0.29) is 17.2 Å². The zero-order valence-electron chi connectivity index (χ0n) is 21.0. The highest BCUT2D eigenvalue weighted by Crippen LogP contribution is 2.47. The number of nitrogens with zero attached hydrogens (tertiary/aromatic N) is 3. The number of hydrogen-bond acceptors (Lipinski definition) is 8. The highest BCUT2D eigenvalue weighted by atomic mass is 35.5. The summed E-state index contributed by atoms with van der Waals surface area (Å²) in [6.07, 6.45) is -1.19. The van der Waals surface area contributed by atoms with Gasteiger partial charge in [0.25, 0.3) is 11.6 Å². The Hall–Kier alpha value is -3.60. The van der Waals surface area contributed by atoms with E-state index in [0.717, 1.165) is 10.5 Å². The first-order valence-corrected chi connectivity index (χ1v) is 13.0. The molecule has 1 aliphatic rings. The molecule has 2 unspecified atom stereocenters. The Morgan fingerprint density at radius 2 is 1.79 bits per heavy atom. The summed E-state index contributed by atoms with van der Waals surface area (Å²) < 4.78 is 11.2. The average Bonchev–Trinajstić information content (AvgIpc) is 3.01. The molecule has 0 aliphatic carbocycles. The number of hydrogen-bond donors (Lipinski definition) is 0. The predicted molar refractivity (Wildman–Crippen MR) is 146 cm³/mol. The van der Waals surface area contributed by atoms with E-state index in [1.54, 1.807) is 42.3 Å². The van der Waals surface area contributed by atoms with Crippen molar-refractivity contribution in [3.8, 4) is 5.75 Å². The van der Waals surface area contributed by atoms with E-state index < -0.39 is 22.2 Å². The van der Waals surface area contributed by atoms with Crippen molar-refractivity contribution < 1.29 is 24.0 Å². The van der Waals surface area contributed by atoms with Crippen LogP contribution in [0.3, 0.4) is 0 Å². The number of carbonyl (C=O) groups excluding carboxylic acids is 2. The molecule has 38 heavy (non-hydrogen) atoms. The Morgan fingerprint density at radius 3 is 2.39 bits per heavy atom. The lowest BCUT2D eigenvalue weighted by atomic mass is 10.1. The second-order valence-corrected chi connectivity index (χ2v) is 10.5. The molecular weight excluding hydrogens is 530 g/mol. The molecule has 2 atom stereocenters. The van der Waals surface area contributed by atoms with Crippen LogP contribution < -0.4 is 9.64 Å². The van der Waals surface area contributed by atoms with E-state index in [0.29, 0.717) is 29.5 Å². The number of fused-ring (bicyclic) bond motifs is 1. The smallest absolute Gasteiger partial charge is 0.338 e. The summed E-state index contributed by atoms with van der Waals surface area (Å²) in [6.45, 7) is 0.941. The molecular formula is C27H26ClN3O6S. The SMILES string of the molecule is COc1ccc(C2Sc3cc(Cl)ccc3N(CCN(C)C)C(=O)C2OC(=O)c2ccc([N+](=O)[O-])cc2)cc1. The topological polar surface area (TPSA) is 102 Å². The molecule has 1 heterocycles. The third-order valence-corrected chi connectivity index (χ3v) is 7.60. The lowest BCUT2D eigenvalue weighted by Gasteiger charge is -2.28. The molecule has 3 aromatic carbocycles. The third-order valence-electron chi connectivity index (χ3n) is 6.01. The van der Waals surface area contributed by atoms with Gasteiger partial charge in [-0.05, 0) is 62.1 Å². The molecule has 0 N–H and O–H groups in total. The van der Waals surface area contributed by atoms with Crippen molar-refractivity contribution in [3.63, 3.8) is 0 Å². The average molecular weight is 556 g/mol. The summed E-state index contributed by atoms with van der Waals surface area (Å²) >= 11 is 7.72. The molecule has 198 valence electrons. The van der Waals surface area contributed by atoms with E-state index in [1.165, 1.54) is 36.0 Å². The minimum atomic E-state index is -1.19. The summed E-state index contributed by atoms with van der Waals surface area (Å²) in [5, 5.41) is 10.9. The number of carbonyl (C=O) groups is 2. The standard InChI is InChI=1S/C27H26ClN3O6S/c1-29(2)14-15-30-22-13-8-19(28)16-23(22)38-25(17-6-11-21(36-3)12-7-17)24(26(30)32)37-27(33)18-4-9-20(10-5-18)31(34)35/h4-13,16,24-25H,14-15H2,1-3H3. The fraction of sp³-hybridized carbons (Fsp3) is 0.259. The Balaban J connectivity index is 1.77. The van der Waals surface area contributed by atoms with E-state index in [4.69, 9.17) is 21.1 Å². The van der Waals surface area contributed by atoms with Gasteiger partial charge in [0.15, 0.2) is 6.10 Å². The van der Waals surface area contributed by atoms with Crippen LogP contribution >= 0.6 is 23.4 Å². The van der Waals surface area contributed by atoms with Gasteiger partial charge in [0.05, 0.1) is 28.5 Å². The van der Waals surface area contributed by atoms with Crippen LogP contribution in [-0.2, 0) is 9.53 Å². The van der Waals surface area contributed by atoms with Crippen molar-refractivity contribution in [2.45, 2.75) is 16.2 Å². The minimum absolute atomic E-state index is 0.103. The number of halogens is 1. The number of rotatable bonds is 8. The molecule has 0 fully saturated rings. The highest BCUT2D eigenvalue weighted by molar-refractivity contribution is 7.99. The van der Waals surface area contributed by atoms with Crippen LogP contribution in [0.25, 0.3) is 0 Å². The van der Waals surface area contributed by atoms with Gasteiger partial charge in [-0.3, -0.25) is 14.9 Å². The second-order valence-electron chi connectivity index (χ2n) is 8.85. The quantitative estimate of drug-likeness (QED) is 0.212. The number of ether oxygens (including phenoxy) is 2. The van der Waals surface area contributed by atoms with Crippen molar-refractivity contribution in [1.29, 1.82) is 0 Å². The predicted octanol–water partition coefficient (Wildman–Crippen LogP) is 5.22. The molecule has 9 nitrogen and oxygen atoms in total.